The van der Waals surface area contributed by atoms with Gasteiger partial charge in [0.25, 0.3) is 0 Å². The summed E-state index contributed by atoms with van der Waals surface area (Å²) in [4.78, 5) is 16.9. The first kappa shape index (κ1) is 11.5. The molecule has 1 amide bonds. The van der Waals surface area contributed by atoms with Crippen LogP contribution in [0.1, 0.15) is 37.8 Å². The van der Waals surface area contributed by atoms with E-state index in [0.717, 1.165) is 42.9 Å². The second-order valence-corrected chi connectivity index (χ2v) is 5.50. The zero-order valence-electron chi connectivity index (χ0n) is 10.8. The summed E-state index contributed by atoms with van der Waals surface area (Å²) in [5.41, 5.74) is 1.55. The first-order valence-corrected chi connectivity index (χ1v) is 6.73. The minimum absolute atomic E-state index is 0.166. The molecule has 3 rings (SSSR count). The van der Waals surface area contributed by atoms with E-state index >= 15 is 0 Å². The Hall–Kier alpha value is -1.58. The third kappa shape index (κ3) is 1.85. The standard InChI is InChI=1S/C14H19N3O/c1-10-5-6-11-12(16-10)15-9-14(13(18)17-11)7-3-2-4-8-14/h5-6H,2-4,7-9H2,1H3,(H,15,16)(H,17,18). The highest BCUT2D eigenvalue weighted by molar-refractivity contribution is 5.99. The Labute approximate surface area is 107 Å². The molecule has 2 heterocycles. The van der Waals surface area contributed by atoms with Crippen LogP contribution in [0.3, 0.4) is 0 Å². The Morgan fingerprint density at radius 3 is 2.78 bits per heavy atom. The molecule has 2 aliphatic rings. The van der Waals surface area contributed by atoms with E-state index in [4.69, 9.17) is 0 Å². The van der Waals surface area contributed by atoms with Crippen molar-refractivity contribution >= 4 is 17.4 Å². The Bertz CT molecular complexity index is 478. The van der Waals surface area contributed by atoms with Crippen LogP contribution in [0.25, 0.3) is 0 Å². The molecule has 1 saturated carbocycles. The lowest BCUT2D eigenvalue weighted by Crippen LogP contribution is -2.41. The largest absolute Gasteiger partial charge is 0.367 e. The molecule has 1 aromatic rings. The summed E-state index contributed by atoms with van der Waals surface area (Å²) in [5, 5.41) is 6.41. The highest BCUT2D eigenvalue weighted by Gasteiger charge is 2.41. The van der Waals surface area contributed by atoms with E-state index in [2.05, 4.69) is 15.6 Å². The van der Waals surface area contributed by atoms with Gasteiger partial charge in [-0.15, -0.1) is 0 Å². The van der Waals surface area contributed by atoms with Gasteiger partial charge in [-0.05, 0) is 31.9 Å². The van der Waals surface area contributed by atoms with Crippen LogP contribution < -0.4 is 10.6 Å². The van der Waals surface area contributed by atoms with Crippen molar-refractivity contribution in [2.75, 3.05) is 17.2 Å². The molecule has 4 heteroatoms. The van der Waals surface area contributed by atoms with Gasteiger partial charge >= 0.3 is 0 Å². The molecule has 0 saturated heterocycles. The Morgan fingerprint density at radius 1 is 1.22 bits per heavy atom. The summed E-state index contributed by atoms with van der Waals surface area (Å²) in [6.45, 7) is 2.67. The summed E-state index contributed by atoms with van der Waals surface area (Å²) in [7, 11) is 0. The van der Waals surface area contributed by atoms with E-state index in [1.165, 1.54) is 6.42 Å². The van der Waals surface area contributed by atoms with Crippen LogP contribution in [0.2, 0.25) is 0 Å². The van der Waals surface area contributed by atoms with Gasteiger partial charge in [-0.3, -0.25) is 4.79 Å². The van der Waals surface area contributed by atoms with Gasteiger partial charge in [-0.2, -0.15) is 0 Å². The summed E-state index contributed by atoms with van der Waals surface area (Å²) < 4.78 is 0. The Balaban J connectivity index is 1.92. The van der Waals surface area contributed by atoms with Gasteiger partial charge < -0.3 is 10.6 Å². The van der Waals surface area contributed by atoms with Crippen molar-refractivity contribution in [2.24, 2.45) is 5.41 Å². The van der Waals surface area contributed by atoms with Crippen LogP contribution >= 0.6 is 0 Å². The van der Waals surface area contributed by atoms with Crippen LogP contribution in [0.5, 0.6) is 0 Å². The average molecular weight is 245 g/mol. The molecule has 0 bridgehead atoms. The molecule has 0 aromatic carbocycles. The number of carbonyl (C=O) groups is 1. The molecular formula is C14H19N3O. The van der Waals surface area contributed by atoms with E-state index in [1.807, 2.05) is 19.1 Å². The van der Waals surface area contributed by atoms with Crippen LogP contribution in [0.15, 0.2) is 12.1 Å². The minimum Gasteiger partial charge on any atom is -0.367 e. The molecule has 1 spiro atoms. The lowest BCUT2D eigenvalue weighted by Gasteiger charge is -2.34. The number of aryl methyl sites for hydroxylation is 1. The zero-order chi connectivity index (χ0) is 12.6. The topological polar surface area (TPSA) is 54.0 Å². The number of pyridine rings is 1. The quantitative estimate of drug-likeness (QED) is 0.739. The third-order valence-corrected chi connectivity index (χ3v) is 4.17. The number of hydrogen-bond donors (Lipinski definition) is 2. The first-order chi connectivity index (χ1) is 8.70. The van der Waals surface area contributed by atoms with E-state index < -0.39 is 0 Å². The number of nitrogens with one attached hydrogen (secondary N) is 2. The fourth-order valence-corrected chi connectivity index (χ4v) is 3.01. The maximum absolute atomic E-state index is 12.5. The van der Waals surface area contributed by atoms with E-state index in [9.17, 15) is 4.79 Å². The molecule has 96 valence electrons. The molecule has 4 nitrogen and oxygen atoms in total. The lowest BCUT2D eigenvalue weighted by molar-refractivity contribution is -0.126. The maximum Gasteiger partial charge on any atom is 0.232 e. The third-order valence-electron chi connectivity index (χ3n) is 4.17. The molecule has 1 fully saturated rings. The van der Waals surface area contributed by atoms with Gasteiger partial charge in [0.2, 0.25) is 5.91 Å². The molecule has 0 unspecified atom stereocenters. The first-order valence-electron chi connectivity index (χ1n) is 6.73. The number of nitrogens with zero attached hydrogens (tertiary/aromatic N) is 1. The molecule has 18 heavy (non-hydrogen) atoms. The molecule has 1 aliphatic heterocycles. The number of carbonyl (C=O) groups excluding carboxylic acids is 1. The number of fused-ring (bicyclic) bond motifs is 1. The van der Waals surface area contributed by atoms with Crippen molar-refractivity contribution in [3.8, 4) is 0 Å². The monoisotopic (exact) mass is 245 g/mol. The van der Waals surface area contributed by atoms with E-state index in [1.54, 1.807) is 0 Å². The van der Waals surface area contributed by atoms with Gasteiger partial charge in [0, 0.05) is 12.2 Å². The number of anilines is 2. The van der Waals surface area contributed by atoms with Crippen molar-refractivity contribution < 1.29 is 4.79 Å². The summed E-state index contributed by atoms with van der Waals surface area (Å²) >= 11 is 0. The van der Waals surface area contributed by atoms with E-state index in [0.29, 0.717) is 6.54 Å². The predicted molar refractivity (Wildman–Crippen MR) is 71.6 cm³/mol. The lowest BCUT2D eigenvalue weighted by atomic mass is 9.73. The molecule has 1 aliphatic carbocycles. The van der Waals surface area contributed by atoms with Crippen molar-refractivity contribution in [1.29, 1.82) is 0 Å². The number of aromatic nitrogens is 1. The Kier molecular flexibility index (Phi) is 2.73. The SMILES string of the molecule is Cc1ccc2c(n1)NCC1(CCCCC1)C(=O)N2. The normalized spacial score (nSPS) is 21.7. The average Bonchev–Trinajstić information content (AvgIpc) is 2.51. The molecule has 1 aromatic heterocycles. The smallest absolute Gasteiger partial charge is 0.232 e. The van der Waals surface area contributed by atoms with Gasteiger partial charge in [-0.25, -0.2) is 4.98 Å². The second-order valence-electron chi connectivity index (χ2n) is 5.50. The number of rotatable bonds is 0. The Morgan fingerprint density at radius 2 is 2.00 bits per heavy atom. The molecule has 0 atom stereocenters. The predicted octanol–water partition coefficient (Wildman–Crippen LogP) is 2.70. The van der Waals surface area contributed by atoms with Gasteiger partial charge in [-0.1, -0.05) is 19.3 Å². The summed E-state index contributed by atoms with van der Waals surface area (Å²) in [6.07, 6.45) is 5.52. The van der Waals surface area contributed by atoms with E-state index in [-0.39, 0.29) is 11.3 Å². The van der Waals surface area contributed by atoms with Crippen molar-refractivity contribution in [2.45, 2.75) is 39.0 Å². The van der Waals surface area contributed by atoms with Gasteiger partial charge in [0.05, 0.1) is 11.1 Å². The fraction of sp³-hybridized carbons (Fsp3) is 0.571. The number of amides is 1. The minimum atomic E-state index is -0.229. The molecular weight excluding hydrogens is 226 g/mol. The van der Waals surface area contributed by atoms with Crippen molar-refractivity contribution in [3.05, 3.63) is 17.8 Å². The van der Waals surface area contributed by atoms with Gasteiger partial charge in [0.15, 0.2) is 0 Å². The van der Waals surface area contributed by atoms with Gasteiger partial charge in [0.1, 0.15) is 5.82 Å². The van der Waals surface area contributed by atoms with Crippen LogP contribution in [0, 0.1) is 12.3 Å². The number of hydrogen-bond acceptors (Lipinski definition) is 3. The summed E-state index contributed by atoms with van der Waals surface area (Å²) in [6, 6.07) is 3.87. The fourth-order valence-electron chi connectivity index (χ4n) is 3.01. The van der Waals surface area contributed by atoms with Crippen LogP contribution in [-0.2, 0) is 4.79 Å². The highest BCUT2D eigenvalue weighted by atomic mass is 16.2. The molecule has 2 N–H and O–H groups in total. The molecule has 0 radical (unpaired) electrons. The highest BCUT2D eigenvalue weighted by Crippen LogP contribution is 2.40. The summed E-state index contributed by atoms with van der Waals surface area (Å²) in [5.74, 6) is 0.977. The van der Waals surface area contributed by atoms with Crippen LogP contribution in [0.4, 0.5) is 11.5 Å². The van der Waals surface area contributed by atoms with Crippen LogP contribution in [-0.4, -0.2) is 17.4 Å². The zero-order valence-corrected chi connectivity index (χ0v) is 10.8. The van der Waals surface area contributed by atoms with Crippen molar-refractivity contribution in [3.63, 3.8) is 0 Å². The maximum atomic E-state index is 12.5. The van der Waals surface area contributed by atoms with Crippen molar-refractivity contribution in [1.82, 2.24) is 4.98 Å². The second kappa shape index (κ2) is 4.26.